The maximum absolute atomic E-state index is 13.6. The molecule has 0 unspecified atom stereocenters. The van der Waals surface area contributed by atoms with Crippen molar-refractivity contribution in [1.82, 2.24) is 10.2 Å². The van der Waals surface area contributed by atoms with E-state index in [2.05, 4.69) is 10.2 Å². The number of ether oxygens (including phenoxy) is 1. The van der Waals surface area contributed by atoms with Gasteiger partial charge >= 0.3 is 0 Å². The lowest BCUT2D eigenvalue weighted by Crippen LogP contribution is -2.06. The van der Waals surface area contributed by atoms with E-state index in [-0.39, 0.29) is 17.1 Å². The first-order chi connectivity index (χ1) is 14.2. The molecule has 6 heteroatoms. The summed E-state index contributed by atoms with van der Waals surface area (Å²) in [6.07, 6.45) is 0. The molecule has 0 aliphatic rings. The molecule has 0 N–H and O–H groups in total. The molecule has 0 fully saturated rings. The lowest BCUT2D eigenvalue weighted by atomic mass is 10.1. The minimum atomic E-state index is -0.475. The molecular weight excluding hydrogens is 387 g/mol. The fourth-order valence-electron chi connectivity index (χ4n) is 3.10. The molecule has 4 nitrogen and oxygen atoms in total. The van der Waals surface area contributed by atoms with Crippen LogP contribution in [0.5, 0.6) is 5.75 Å². The number of rotatable bonds is 6. The Morgan fingerprint density at radius 1 is 0.966 bits per heavy atom. The van der Waals surface area contributed by atoms with Gasteiger partial charge < -0.3 is 4.74 Å². The summed E-state index contributed by atoms with van der Waals surface area (Å²) >= 11 is 1.28. The number of carbonyl (C=O) groups is 1. The summed E-state index contributed by atoms with van der Waals surface area (Å²) in [6.45, 7) is 0. The minimum absolute atomic E-state index is 0.100. The maximum Gasteiger partial charge on any atom is 0.176 e. The largest absolute Gasteiger partial charge is 0.496 e. The number of hydrogen-bond acceptors (Lipinski definition) is 5. The summed E-state index contributed by atoms with van der Waals surface area (Å²) in [5, 5.41) is 11.3. The van der Waals surface area contributed by atoms with Crippen LogP contribution in [0.4, 0.5) is 4.39 Å². The Hall–Kier alpha value is -3.25. The van der Waals surface area contributed by atoms with Gasteiger partial charge in [0.15, 0.2) is 5.78 Å². The van der Waals surface area contributed by atoms with Crippen molar-refractivity contribution in [3.8, 4) is 17.0 Å². The molecule has 4 aromatic rings. The number of benzene rings is 3. The second-order valence-corrected chi connectivity index (χ2v) is 7.29. The quantitative estimate of drug-likeness (QED) is 0.317. The number of aromatic nitrogens is 2. The van der Waals surface area contributed by atoms with Crippen LogP contribution in [0.15, 0.2) is 77.8 Å². The Bertz CT molecular complexity index is 1180. The van der Waals surface area contributed by atoms with Gasteiger partial charge in [-0.25, -0.2) is 4.39 Å². The molecule has 0 atom stereocenters. The summed E-state index contributed by atoms with van der Waals surface area (Å²) in [5.74, 6) is -0.253. The third-order valence-corrected chi connectivity index (χ3v) is 5.48. The van der Waals surface area contributed by atoms with E-state index in [4.69, 9.17) is 4.74 Å². The van der Waals surface area contributed by atoms with Gasteiger partial charge in [0, 0.05) is 16.3 Å². The van der Waals surface area contributed by atoms with Crippen LogP contribution in [0.3, 0.4) is 0 Å². The Kier molecular flexibility index (Phi) is 5.53. The number of halogens is 1. The van der Waals surface area contributed by atoms with Crippen molar-refractivity contribution >= 4 is 28.3 Å². The lowest BCUT2D eigenvalue weighted by Gasteiger charge is -2.10. The van der Waals surface area contributed by atoms with E-state index in [9.17, 15) is 9.18 Å². The second-order valence-electron chi connectivity index (χ2n) is 6.32. The summed E-state index contributed by atoms with van der Waals surface area (Å²) in [5.41, 5.74) is 2.00. The minimum Gasteiger partial charge on any atom is -0.496 e. The van der Waals surface area contributed by atoms with Crippen molar-refractivity contribution in [2.75, 3.05) is 12.9 Å². The number of methoxy groups -OCH3 is 1. The molecule has 4 rings (SSSR count). The van der Waals surface area contributed by atoms with Gasteiger partial charge in [0.1, 0.15) is 22.3 Å². The molecule has 0 radical (unpaired) electrons. The van der Waals surface area contributed by atoms with Gasteiger partial charge in [-0.15, -0.1) is 10.2 Å². The van der Waals surface area contributed by atoms with Crippen molar-refractivity contribution in [3.63, 3.8) is 0 Å². The average Bonchev–Trinajstić information content (AvgIpc) is 2.77. The number of Topliss-reactive ketones (excluding diaryl/α,β-unsaturated/α-hetero) is 1. The fourth-order valence-corrected chi connectivity index (χ4v) is 3.96. The van der Waals surface area contributed by atoms with E-state index in [0.29, 0.717) is 10.8 Å². The molecule has 0 aliphatic carbocycles. The molecule has 0 saturated heterocycles. The molecule has 0 spiro atoms. The van der Waals surface area contributed by atoms with Crippen LogP contribution in [0.2, 0.25) is 0 Å². The predicted octanol–water partition coefficient (Wildman–Crippen LogP) is 5.42. The number of carbonyl (C=O) groups excluding carboxylic acids is 1. The van der Waals surface area contributed by atoms with Crippen LogP contribution < -0.4 is 4.74 Å². The second kappa shape index (κ2) is 8.41. The SMILES string of the molecule is COc1ccc(F)cc1C(=O)CSc1nnc(-c2ccccc2)c2ccccc12. The van der Waals surface area contributed by atoms with Crippen LogP contribution in [-0.4, -0.2) is 28.8 Å². The highest BCUT2D eigenvalue weighted by Gasteiger charge is 2.16. The Morgan fingerprint density at radius 2 is 1.69 bits per heavy atom. The molecule has 29 heavy (non-hydrogen) atoms. The van der Waals surface area contributed by atoms with Crippen molar-refractivity contribution in [2.45, 2.75) is 5.03 Å². The fraction of sp³-hybridized carbons (Fsp3) is 0.0870. The van der Waals surface area contributed by atoms with Gasteiger partial charge in [-0.1, -0.05) is 66.4 Å². The smallest absolute Gasteiger partial charge is 0.176 e. The Balaban J connectivity index is 1.64. The normalized spacial score (nSPS) is 10.8. The highest BCUT2D eigenvalue weighted by atomic mass is 32.2. The van der Waals surface area contributed by atoms with E-state index in [1.807, 2.05) is 54.6 Å². The first-order valence-corrected chi connectivity index (χ1v) is 9.96. The van der Waals surface area contributed by atoms with Gasteiger partial charge in [0.2, 0.25) is 0 Å². The summed E-state index contributed by atoms with van der Waals surface area (Å²) in [4.78, 5) is 12.7. The van der Waals surface area contributed by atoms with E-state index in [0.717, 1.165) is 22.0 Å². The standard InChI is InChI=1S/C23H17FN2O2S/c1-28-21-12-11-16(24)13-19(21)20(27)14-29-23-18-10-6-5-9-17(18)22(25-26-23)15-7-3-2-4-8-15/h2-13H,14H2,1H3. The molecule has 1 aromatic heterocycles. The molecule has 1 heterocycles. The third kappa shape index (κ3) is 3.98. The topological polar surface area (TPSA) is 52.1 Å². The van der Waals surface area contributed by atoms with Gasteiger partial charge in [-0.2, -0.15) is 0 Å². The van der Waals surface area contributed by atoms with Crippen LogP contribution in [0.1, 0.15) is 10.4 Å². The summed E-state index contributed by atoms with van der Waals surface area (Å²) < 4.78 is 18.8. The van der Waals surface area contributed by atoms with Crippen LogP contribution in [-0.2, 0) is 0 Å². The molecule has 0 amide bonds. The number of nitrogens with zero attached hydrogens (tertiary/aromatic N) is 2. The van der Waals surface area contributed by atoms with Gasteiger partial charge in [0.05, 0.1) is 18.4 Å². The zero-order valence-electron chi connectivity index (χ0n) is 15.6. The van der Waals surface area contributed by atoms with E-state index >= 15 is 0 Å². The predicted molar refractivity (Wildman–Crippen MR) is 113 cm³/mol. The van der Waals surface area contributed by atoms with E-state index in [1.165, 1.54) is 37.1 Å². The number of ketones is 1. The van der Waals surface area contributed by atoms with Gasteiger partial charge in [-0.3, -0.25) is 4.79 Å². The van der Waals surface area contributed by atoms with Crippen molar-refractivity contribution in [3.05, 3.63) is 84.2 Å². The molecule has 144 valence electrons. The van der Waals surface area contributed by atoms with Gasteiger partial charge in [0.25, 0.3) is 0 Å². The average molecular weight is 404 g/mol. The van der Waals surface area contributed by atoms with Crippen molar-refractivity contribution < 1.29 is 13.9 Å². The number of hydrogen-bond donors (Lipinski definition) is 0. The molecule has 3 aromatic carbocycles. The Labute approximate surface area is 171 Å². The zero-order chi connectivity index (χ0) is 20.2. The molecular formula is C23H17FN2O2S. The number of fused-ring (bicyclic) bond motifs is 1. The molecule has 0 bridgehead atoms. The van der Waals surface area contributed by atoms with Crippen molar-refractivity contribution in [2.24, 2.45) is 0 Å². The van der Waals surface area contributed by atoms with Gasteiger partial charge in [-0.05, 0) is 18.2 Å². The highest BCUT2D eigenvalue weighted by Crippen LogP contribution is 2.32. The Morgan fingerprint density at radius 3 is 2.45 bits per heavy atom. The molecule has 0 saturated carbocycles. The summed E-state index contributed by atoms with van der Waals surface area (Å²) in [6, 6.07) is 21.6. The van der Waals surface area contributed by atoms with Crippen molar-refractivity contribution in [1.29, 1.82) is 0 Å². The van der Waals surface area contributed by atoms with Crippen LogP contribution in [0.25, 0.3) is 22.0 Å². The third-order valence-electron chi connectivity index (χ3n) is 4.50. The number of thioether (sulfide) groups is 1. The first-order valence-electron chi connectivity index (χ1n) is 8.98. The van der Waals surface area contributed by atoms with E-state index in [1.54, 1.807) is 0 Å². The highest BCUT2D eigenvalue weighted by molar-refractivity contribution is 8.00. The summed E-state index contributed by atoms with van der Waals surface area (Å²) in [7, 11) is 1.46. The maximum atomic E-state index is 13.6. The molecule has 0 aliphatic heterocycles. The van der Waals surface area contributed by atoms with Crippen LogP contribution in [0, 0.1) is 5.82 Å². The van der Waals surface area contributed by atoms with Crippen LogP contribution >= 0.6 is 11.8 Å². The van der Waals surface area contributed by atoms with E-state index < -0.39 is 5.82 Å². The lowest BCUT2D eigenvalue weighted by molar-refractivity contribution is 0.101. The first kappa shape index (κ1) is 19.1. The zero-order valence-corrected chi connectivity index (χ0v) is 16.4. The monoisotopic (exact) mass is 404 g/mol.